The zero-order valence-corrected chi connectivity index (χ0v) is 12.3. The van der Waals surface area contributed by atoms with Crippen LogP contribution in [0.5, 0.6) is 5.75 Å². The molecule has 0 atom stereocenters. The third kappa shape index (κ3) is 2.82. The highest BCUT2D eigenvalue weighted by Crippen LogP contribution is 2.25. The lowest BCUT2D eigenvalue weighted by Gasteiger charge is -2.11. The van der Waals surface area contributed by atoms with E-state index in [0.29, 0.717) is 6.61 Å². The summed E-state index contributed by atoms with van der Waals surface area (Å²) in [4.78, 5) is 4.61. The van der Waals surface area contributed by atoms with Crippen LogP contribution in [0.3, 0.4) is 0 Å². The Bertz CT molecular complexity index is 796. The fourth-order valence-corrected chi connectivity index (χ4v) is 2.31. The molecule has 1 heterocycles. The van der Waals surface area contributed by atoms with Crippen molar-refractivity contribution in [2.75, 3.05) is 5.73 Å². The van der Waals surface area contributed by atoms with Crippen LogP contribution in [0.15, 0.2) is 48.5 Å². The molecule has 3 nitrogen and oxygen atoms in total. The third-order valence-electron chi connectivity index (χ3n) is 3.60. The molecule has 0 saturated carbocycles. The lowest BCUT2D eigenvalue weighted by Crippen LogP contribution is -2.01. The second-order valence-corrected chi connectivity index (χ2v) is 5.26. The van der Waals surface area contributed by atoms with E-state index in [1.165, 1.54) is 0 Å². The van der Waals surface area contributed by atoms with E-state index in [2.05, 4.69) is 17.1 Å². The van der Waals surface area contributed by atoms with Crippen molar-refractivity contribution in [1.82, 2.24) is 4.98 Å². The van der Waals surface area contributed by atoms with Gasteiger partial charge in [0.05, 0.1) is 11.2 Å². The first-order valence-corrected chi connectivity index (χ1v) is 6.97. The predicted molar refractivity (Wildman–Crippen MR) is 86.4 cm³/mol. The number of pyridine rings is 1. The quantitative estimate of drug-likeness (QED) is 0.736. The number of rotatable bonds is 3. The molecular formula is C18H18N2O. The second kappa shape index (κ2) is 5.44. The van der Waals surface area contributed by atoms with Crippen LogP contribution in [0.25, 0.3) is 10.9 Å². The summed E-state index contributed by atoms with van der Waals surface area (Å²) < 4.78 is 5.89. The molecule has 2 aromatic carbocycles. The van der Waals surface area contributed by atoms with Crippen molar-refractivity contribution in [3.63, 3.8) is 0 Å². The minimum absolute atomic E-state index is 0.453. The molecule has 0 amide bonds. The van der Waals surface area contributed by atoms with Crippen LogP contribution in [-0.2, 0) is 6.61 Å². The fraction of sp³-hybridized carbons (Fsp3) is 0.167. The van der Waals surface area contributed by atoms with Gasteiger partial charge in [-0.05, 0) is 49.2 Å². The number of hydrogen-bond acceptors (Lipinski definition) is 3. The molecule has 0 aliphatic rings. The number of aryl methyl sites for hydroxylation is 2. The first-order chi connectivity index (χ1) is 10.1. The van der Waals surface area contributed by atoms with Crippen LogP contribution < -0.4 is 10.5 Å². The van der Waals surface area contributed by atoms with Gasteiger partial charge in [-0.1, -0.05) is 24.3 Å². The van der Waals surface area contributed by atoms with Gasteiger partial charge in [-0.25, -0.2) is 4.98 Å². The molecule has 0 bridgehead atoms. The Morgan fingerprint density at radius 2 is 1.81 bits per heavy atom. The predicted octanol–water partition coefficient (Wildman–Crippen LogP) is 4.01. The van der Waals surface area contributed by atoms with Crippen LogP contribution >= 0.6 is 0 Å². The Hall–Kier alpha value is -2.55. The van der Waals surface area contributed by atoms with Crippen molar-refractivity contribution in [1.29, 1.82) is 0 Å². The third-order valence-corrected chi connectivity index (χ3v) is 3.60. The molecule has 0 unspecified atom stereocenters. The molecule has 106 valence electrons. The van der Waals surface area contributed by atoms with E-state index < -0.39 is 0 Å². The summed E-state index contributed by atoms with van der Waals surface area (Å²) in [6.07, 6.45) is 0. The number of anilines is 1. The first-order valence-electron chi connectivity index (χ1n) is 6.97. The summed E-state index contributed by atoms with van der Waals surface area (Å²) in [5.41, 5.74) is 10.7. The van der Waals surface area contributed by atoms with Crippen LogP contribution in [0.1, 0.15) is 16.8 Å². The Labute approximate surface area is 124 Å². The number of para-hydroxylation sites is 1. The number of aromatic nitrogens is 1. The highest BCUT2D eigenvalue weighted by molar-refractivity contribution is 5.78. The van der Waals surface area contributed by atoms with Gasteiger partial charge in [-0.2, -0.15) is 0 Å². The number of fused-ring (bicyclic) bond motifs is 1. The van der Waals surface area contributed by atoms with Crippen molar-refractivity contribution < 1.29 is 4.74 Å². The van der Waals surface area contributed by atoms with E-state index in [4.69, 9.17) is 10.5 Å². The molecule has 0 saturated heterocycles. The van der Waals surface area contributed by atoms with E-state index in [1.54, 1.807) is 0 Å². The largest absolute Gasteiger partial charge is 0.487 e. The zero-order chi connectivity index (χ0) is 14.8. The van der Waals surface area contributed by atoms with Gasteiger partial charge in [0.2, 0.25) is 0 Å². The summed E-state index contributed by atoms with van der Waals surface area (Å²) in [6, 6.07) is 16.1. The number of hydrogen-bond donors (Lipinski definition) is 1. The minimum Gasteiger partial charge on any atom is -0.487 e. The van der Waals surface area contributed by atoms with E-state index in [0.717, 1.165) is 39.2 Å². The van der Waals surface area contributed by atoms with E-state index in [-0.39, 0.29) is 0 Å². The first kappa shape index (κ1) is 13.4. The topological polar surface area (TPSA) is 48.1 Å². The molecule has 21 heavy (non-hydrogen) atoms. The van der Waals surface area contributed by atoms with Crippen molar-refractivity contribution in [3.05, 3.63) is 65.4 Å². The lowest BCUT2D eigenvalue weighted by atomic mass is 10.1. The highest BCUT2D eigenvalue weighted by atomic mass is 16.5. The number of benzene rings is 2. The summed E-state index contributed by atoms with van der Waals surface area (Å²) in [5, 5.41) is 1.14. The average Bonchev–Trinajstić information content (AvgIpc) is 2.49. The van der Waals surface area contributed by atoms with Crippen molar-refractivity contribution in [3.8, 4) is 5.75 Å². The maximum absolute atomic E-state index is 5.89. The standard InChI is InChI=1S/C18H18N2O/c1-12-10-18(13(2)9-16(12)19)21-11-15-8-7-14-5-3-4-6-17(14)20-15/h3-10H,11,19H2,1-2H3. The molecular weight excluding hydrogens is 260 g/mol. The van der Waals surface area contributed by atoms with E-state index in [9.17, 15) is 0 Å². The number of nitrogen functional groups attached to an aromatic ring is 1. The van der Waals surface area contributed by atoms with Gasteiger partial charge in [0.1, 0.15) is 12.4 Å². The summed E-state index contributed by atoms with van der Waals surface area (Å²) in [5.74, 6) is 0.858. The average molecular weight is 278 g/mol. The molecule has 0 aliphatic carbocycles. The van der Waals surface area contributed by atoms with Crippen molar-refractivity contribution >= 4 is 16.6 Å². The Morgan fingerprint density at radius 3 is 2.67 bits per heavy atom. The van der Waals surface area contributed by atoms with Gasteiger partial charge >= 0.3 is 0 Å². The molecule has 0 fully saturated rings. The van der Waals surface area contributed by atoms with Gasteiger partial charge in [0.25, 0.3) is 0 Å². The number of nitrogens with zero attached hydrogens (tertiary/aromatic N) is 1. The minimum atomic E-state index is 0.453. The SMILES string of the molecule is Cc1cc(OCc2ccc3ccccc3n2)c(C)cc1N. The lowest BCUT2D eigenvalue weighted by molar-refractivity contribution is 0.299. The van der Waals surface area contributed by atoms with E-state index in [1.807, 2.05) is 50.2 Å². The number of ether oxygens (including phenoxy) is 1. The van der Waals surface area contributed by atoms with Gasteiger partial charge in [-0.3, -0.25) is 0 Å². The van der Waals surface area contributed by atoms with Crippen molar-refractivity contribution in [2.45, 2.75) is 20.5 Å². The summed E-state index contributed by atoms with van der Waals surface area (Å²) in [6.45, 7) is 4.43. The van der Waals surface area contributed by atoms with Crippen LogP contribution in [0.4, 0.5) is 5.69 Å². The molecule has 0 aliphatic heterocycles. The molecule has 0 spiro atoms. The van der Waals surface area contributed by atoms with Gasteiger partial charge in [-0.15, -0.1) is 0 Å². The highest BCUT2D eigenvalue weighted by Gasteiger charge is 2.05. The molecule has 1 aromatic heterocycles. The molecule has 3 aromatic rings. The second-order valence-electron chi connectivity index (χ2n) is 5.26. The van der Waals surface area contributed by atoms with Gasteiger partial charge < -0.3 is 10.5 Å². The maximum atomic E-state index is 5.89. The van der Waals surface area contributed by atoms with Crippen molar-refractivity contribution in [2.24, 2.45) is 0 Å². The summed E-state index contributed by atoms with van der Waals surface area (Å²) in [7, 11) is 0. The van der Waals surface area contributed by atoms with Crippen LogP contribution in [-0.4, -0.2) is 4.98 Å². The Kier molecular flexibility index (Phi) is 3.48. The summed E-state index contributed by atoms with van der Waals surface area (Å²) >= 11 is 0. The van der Waals surface area contributed by atoms with Gasteiger partial charge in [0.15, 0.2) is 0 Å². The molecule has 0 radical (unpaired) electrons. The monoisotopic (exact) mass is 278 g/mol. The Morgan fingerprint density at radius 1 is 1.00 bits per heavy atom. The normalized spacial score (nSPS) is 10.8. The van der Waals surface area contributed by atoms with Gasteiger partial charge in [0, 0.05) is 11.1 Å². The van der Waals surface area contributed by atoms with Crippen LogP contribution in [0.2, 0.25) is 0 Å². The zero-order valence-electron chi connectivity index (χ0n) is 12.3. The smallest absolute Gasteiger partial charge is 0.130 e. The molecule has 3 rings (SSSR count). The Balaban J connectivity index is 1.81. The maximum Gasteiger partial charge on any atom is 0.130 e. The molecule has 2 N–H and O–H groups in total. The number of nitrogens with two attached hydrogens (primary N) is 1. The van der Waals surface area contributed by atoms with E-state index >= 15 is 0 Å². The van der Waals surface area contributed by atoms with Crippen LogP contribution in [0, 0.1) is 13.8 Å². The molecule has 3 heteroatoms. The fourth-order valence-electron chi connectivity index (χ4n) is 2.31.